The molecule has 12 aromatic rings. The zero-order chi connectivity index (χ0) is 44.3. The van der Waals surface area contributed by atoms with E-state index in [0.29, 0.717) is 28.2 Å². The SMILES string of the molecule is [C-]#[N+]c1cc(-n2c3ccccc3c3cc(-c4cccc(-c5ccccc5)n4)ccc32)c(-c2cc(F)cc(F)c2)c(-n2c3ccccc3c3cc(-c4cccc(-c5ccccc5)n4)ccc32)c1. The summed E-state index contributed by atoms with van der Waals surface area (Å²) in [6, 6.07) is 68.5. The van der Waals surface area contributed by atoms with E-state index in [1.807, 2.05) is 121 Å². The lowest BCUT2D eigenvalue weighted by Gasteiger charge is -2.21. The van der Waals surface area contributed by atoms with E-state index >= 15 is 8.78 Å². The number of hydrogen-bond donors (Lipinski definition) is 0. The summed E-state index contributed by atoms with van der Waals surface area (Å²) in [4.78, 5) is 14.2. The van der Waals surface area contributed by atoms with Crippen molar-refractivity contribution in [3.05, 3.63) is 235 Å². The van der Waals surface area contributed by atoms with E-state index < -0.39 is 11.6 Å². The molecule has 0 aliphatic carbocycles. The van der Waals surface area contributed by atoms with Crippen molar-refractivity contribution in [1.29, 1.82) is 0 Å². The summed E-state index contributed by atoms with van der Waals surface area (Å²) in [5.41, 5.74) is 13.3. The van der Waals surface area contributed by atoms with Crippen LogP contribution in [0.4, 0.5) is 14.5 Å². The first kappa shape index (κ1) is 38.7. The van der Waals surface area contributed by atoms with Crippen molar-refractivity contribution >= 4 is 49.3 Å². The molecule has 0 aliphatic heterocycles. The van der Waals surface area contributed by atoms with Crippen molar-refractivity contribution < 1.29 is 8.78 Å². The van der Waals surface area contributed by atoms with Gasteiger partial charge >= 0.3 is 0 Å². The Hall–Kier alpha value is -8.99. The second-order valence-corrected chi connectivity index (χ2v) is 16.3. The van der Waals surface area contributed by atoms with E-state index in [9.17, 15) is 0 Å². The van der Waals surface area contributed by atoms with Gasteiger partial charge in [-0.2, -0.15) is 0 Å². The van der Waals surface area contributed by atoms with E-state index in [1.165, 1.54) is 12.1 Å². The second-order valence-electron chi connectivity index (χ2n) is 16.3. The van der Waals surface area contributed by atoms with Gasteiger partial charge in [0.05, 0.1) is 51.4 Å². The lowest BCUT2D eigenvalue weighted by Crippen LogP contribution is -2.04. The average molecular weight is 852 g/mol. The third kappa shape index (κ3) is 6.51. The second kappa shape index (κ2) is 15.7. The Bertz CT molecular complexity index is 3680. The van der Waals surface area contributed by atoms with Crippen LogP contribution >= 0.6 is 0 Å². The number of nitrogens with zero attached hydrogens (tertiary/aromatic N) is 5. The van der Waals surface area contributed by atoms with Gasteiger partial charge in [0, 0.05) is 66.8 Å². The van der Waals surface area contributed by atoms with Crippen LogP contribution in [0.2, 0.25) is 0 Å². The topological polar surface area (TPSA) is 40.0 Å². The number of pyridine rings is 2. The molecule has 5 nitrogen and oxygen atoms in total. The fourth-order valence-corrected chi connectivity index (χ4v) is 9.52. The zero-order valence-electron chi connectivity index (χ0n) is 35.2. The maximum absolute atomic E-state index is 15.6. The van der Waals surface area contributed by atoms with E-state index in [-0.39, 0.29) is 0 Å². The Labute approximate surface area is 378 Å². The molecule has 0 atom stereocenters. The molecule has 0 radical (unpaired) electrons. The Morgan fingerprint density at radius 2 is 0.758 bits per heavy atom. The van der Waals surface area contributed by atoms with Crippen molar-refractivity contribution in [2.45, 2.75) is 0 Å². The van der Waals surface area contributed by atoms with Gasteiger partial charge in [0.1, 0.15) is 11.6 Å². The predicted octanol–water partition coefficient (Wildman–Crippen LogP) is 15.8. The number of para-hydroxylation sites is 2. The minimum absolute atomic E-state index is 0.336. The van der Waals surface area contributed by atoms with Crippen LogP contribution in [-0.2, 0) is 0 Å². The fraction of sp³-hybridized carbons (Fsp3) is 0. The van der Waals surface area contributed by atoms with Gasteiger partial charge in [0.25, 0.3) is 0 Å². The van der Waals surface area contributed by atoms with E-state index in [1.54, 1.807) is 0 Å². The Morgan fingerprint density at radius 1 is 0.348 bits per heavy atom. The van der Waals surface area contributed by atoms with Crippen LogP contribution in [0.25, 0.3) is 116 Å². The molecule has 4 heterocycles. The molecular weight excluding hydrogens is 817 g/mol. The van der Waals surface area contributed by atoms with Crippen molar-refractivity contribution in [3.8, 4) is 67.5 Å². The Kier molecular flexibility index (Phi) is 9.18. The first-order chi connectivity index (χ1) is 32.5. The number of benzene rings is 8. The molecule has 0 saturated carbocycles. The molecule has 0 saturated heterocycles. The maximum atomic E-state index is 15.6. The van der Waals surface area contributed by atoms with Gasteiger partial charge in [0.15, 0.2) is 5.69 Å². The number of rotatable bonds is 7. The monoisotopic (exact) mass is 851 g/mol. The lowest BCUT2D eigenvalue weighted by atomic mass is 9.99. The van der Waals surface area contributed by atoms with Gasteiger partial charge in [-0.25, -0.2) is 23.6 Å². The van der Waals surface area contributed by atoms with Gasteiger partial charge in [-0.05, 0) is 90.5 Å². The highest BCUT2D eigenvalue weighted by Gasteiger charge is 2.24. The highest BCUT2D eigenvalue weighted by atomic mass is 19.1. The number of fused-ring (bicyclic) bond motifs is 6. The molecule has 0 spiro atoms. The summed E-state index contributed by atoms with van der Waals surface area (Å²) >= 11 is 0. The third-order valence-corrected chi connectivity index (χ3v) is 12.4. The molecule has 0 bridgehead atoms. The largest absolute Gasteiger partial charge is 0.310 e. The number of hydrogen-bond acceptors (Lipinski definition) is 2. The fourth-order valence-electron chi connectivity index (χ4n) is 9.52. The van der Waals surface area contributed by atoms with Gasteiger partial charge in [0.2, 0.25) is 0 Å². The molecule has 0 aliphatic rings. The molecule has 12 rings (SSSR count). The predicted molar refractivity (Wildman–Crippen MR) is 264 cm³/mol. The first-order valence-corrected chi connectivity index (χ1v) is 21.6. The molecule has 0 unspecified atom stereocenters. The number of halogens is 2. The van der Waals surface area contributed by atoms with E-state index in [2.05, 4.69) is 86.8 Å². The molecule has 8 aromatic carbocycles. The zero-order valence-corrected chi connectivity index (χ0v) is 35.2. The first-order valence-electron chi connectivity index (χ1n) is 21.6. The van der Waals surface area contributed by atoms with E-state index in [4.69, 9.17) is 16.5 Å². The van der Waals surface area contributed by atoms with Crippen molar-refractivity contribution in [3.63, 3.8) is 0 Å². The highest BCUT2D eigenvalue weighted by Crippen LogP contribution is 2.45. The van der Waals surface area contributed by atoms with Crippen molar-refractivity contribution in [2.24, 2.45) is 0 Å². The maximum Gasteiger partial charge on any atom is 0.191 e. The minimum Gasteiger partial charge on any atom is -0.310 e. The third-order valence-electron chi connectivity index (χ3n) is 12.4. The van der Waals surface area contributed by atoms with Crippen LogP contribution in [0.1, 0.15) is 0 Å². The molecular formula is C59H35F2N5. The molecule has 66 heavy (non-hydrogen) atoms. The summed E-state index contributed by atoms with van der Waals surface area (Å²) < 4.78 is 35.4. The summed E-state index contributed by atoms with van der Waals surface area (Å²) in [6.07, 6.45) is 0. The van der Waals surface area contributed by atoms with Crippen LogP contribution in [0.15, 0.2) is 212 Å². The molecule has 0 fully saturated rings. The van der Waals surface area contributed by atoms with E-state index in [0.717, 1.165) is 94.7 Å². The molecule has 7 heteroatoms. The smallest absolute Gasteiger partial charge is 0.191 e. The summed E-state index contributed by atoms with van der Waals surface area (Å²) in [7, 11) is 0. The van der Waals surface area contributed by atoms with Crippen LogP contribution in [0, 0.1) is 18.2 Å². The highest BCUT2D eigenvalue weighted by molar-refractivity contribution is 6.13. The number of aromatic nitrogens is 4. The minimum atomic E-state index is -0.703. The molecule has 4 aromatic heterocycles. The van der Waals surface area contributed by atoms with Crippen LogP contribution < -0.4 is 0 Å². The quantitative estimate of drug-likeness (QED) is 0.150. The summed E-state index contributed by atoms with van der Waals surface area (Å²) in [5, 5.41) is 3.90. The Morgan fingerprint density at radius 3 is 1.21 bits per heavy atom. The Balaban J connectivity index is 1.11. The van der Waals surface area contributed by atoms with Crippen molar-refractivity contribution in [2.75, 3.05) is 0 Å². The standard InChI is InChI=1S/C59H35F2N5/c1-62-44-35-57(65-53-24-10-8-18-45(53)47-32-39(26-28-55(47)65)51-22-12-20-49(63-51)37-14-4-2-5-15-37)59(41-30-42(60)34-43(61)31-41)58(36-44)66-54-25-11-9-19-46(54)48-33-40(27-29-56(48)66)52-23-13-21-50(64-52)38-16-6-3-7-17-38/h2-36H. The van der Waals surface area contributed by atoms with Gasteiger partial charge < -0.3 is 9.13 Å². The van der Waals surface area contributed by atoms with Crippen molar-refractivity contribution in [1.82, 2.24) is 19.1 Å². The normalized spacial score (nSPS) is 11.5. The van der Waals surface area contributed by atoms with Crippen LogP contribution in [0.5, 0.6) is 0 Å². The summed E-state index contributed by atoms with van der Waals surface area (Å²) in [5.74, 6) is -1.41. The van der Waals surface area contributed by atoms with Gasteiger partial charge in [-0.1, -0.05) is 121 Å². The van der Waals surface area contributed by atoms with Crippen LogP contribution in [-0.4, -0.2) is 19.1 Å². The molecule has 0 N–H and O–H groups in total. The molecule has 0 amide bonds. The average Bonchev–Trinajstić information content (AvgIpc) is 3.88. The lowest BCUT2D eigenvalue weighted by molar-refractivity contribution is 0.584. The van der Waals surface area contributed by atoms with Gasteiger partial charge in [-0.3, -0.25) is 0 Å². The van der Waals surface area contributed by atoms with Gasteiger partial charge in [-0.15, -0.1) is 0 Å². The molecule has 310 valence electrons. The van der Waals surface area contributed by atoms with Crippen LogP contribution in [0.3, 0.4) is 0 Å². The summed E-state index contributed by atoms with van der Waals surface area (Å²) in [6.45, 7) is 8.46.